The van der Waals surface area contributed by atoms with Crippen molar-refractivity contribution in [3.05, 3.63) is 29.8 Å². The number of aryl methyl sites for hydroxylation is 1. The van der Waals surface area contributed by atoms with Crippen LogP contribution in [-0.4, -0.2) is 29.9 Å². The van der Waals surface area contributed by atoms with Crippen LogP contribution in [0.15, 0.2) is 24.3 Å². The largest absolute Gasteiger partial charge is 0.374 e. The molecule has 1 saturated heterocycles. The Kier molecular flexibility index (Phi) is 4.24. The second-order valence-corrected chi connectivity index (χ2v) is 4.95. The maximum absolute atomic E-state index is 12.1. The Morgan fingerprint density at radius 1 is 1.28 bits per heavy atom. The van der Waals surface area contributed by atoms with Crippen molar-refractivity contribution in [1.29, 1.82) is 0 Å². The van der Waals surface area contributed by atoms with Gasteiger partial charge in [0.05, 0.1) is 0 Å². The Hall–Kier alpha value is -1.51. The number of anilines is 1. The molecule has 0 spiro atoms. The van der Waals surface area contributed by atoms with Crippen LogP contribution in [0.3, 0.4) is 0 Å². The standard InChI is InChI=1S/C15H22N2O/c1-3-13-6-8-14(9-7-13)16-12(2)15(18)17-10-4-5-11-17/h6-9,12,16H,3-5,10-11H2,1-2H3. The van der Waals surface area contributed by atoms with Crippen molar-refractivity contribution in [2.75, 3.05) is 18.4 Å². The molecule has 1 N–H and O–H groups in total. The molecular formula is C15H22N2O. The molecule has 3 heteroatoms. The molecule has 1 unspecified atom stereocenters. The van der Waals surface area contributed by atoms with Crippen molar-refractivity contribution in [2.24, 2.45) is 0 Å². The number of amides is 1. The lowest BCUT2D eigenvalue weighted by Gasteiger charge is -2.22. The lowest BCUT2D eigenvalue weighted by atomic mass is 10.1. The van der Waals surface area contributed by atoms with Crippen molar-refractivity contribution < 1.29 is 4.79 Å². The molecule has 1 aromatic rings. The third kappa shape index (κ3) is 3.03. The quantitative estimate of drug-likeness (QED) is 0.886. The fourth-order valence-corrected chi connectivity index (χ4v) is 2.36. The molecule has 1 amide bonds. The van der Waals surface area contributed by atoms with E-state index >= 15 is 0 Å². The van der Waals surface area contributed by atoms with Crippen LogP contribution in [-0.2, 0) is 11.2 Å². The van der Waals surface area contributed by atoms with Crippen molar-refractivity contribution >= 4 is 11.6 Å². The van der Waals surface area contributed by atoms with Gasteiger partial charge in [-0.2, -0.15) is 0 Å². The summed E-state index contributed by atoms with van der Waals surface area (Å²) in [6, 6.07) is 8.17. The van der Waals surface area contributed by atoms with E-state index in [-0.39, 0.29) is 11.9 Å². The number of carbonyl (C=O) groups is 1. The van der Waals surface area contributed by atoms with E-state index in [9.17, 15) is 4.79 Å². The van der Waals surface area contributed by atoms with Crippen LogP contribution < -0.4 is 5.32 Å². The summed E-state index contributed by atoms with van der Waals surface area (Å²) >= 11 is 0. The van der Waals surface area contributed by atoms with Crippen LogP contribution in [0, 0.1) is 0 Å². The summed E-state index contributed by atoms with van der Waals surface area (Å²) in [5.74, 6) is 0.215. The van der Waals surface area contributed by atoms with Gasteiger partial charge in [-0.15, -0.1) is 0 Å². The fraction of sp³-hybridized carbons (Fsp3) is 0.533. The van der Waals surface area contributed by atoms with Crippen molar-refractivity contribution in [2.45, 2.75) is 39.2 Å². The van der Waals surface area contributed by atoms with Crippen molar-refractivity contribution in [3.63, 3.8) is 0 Å². The Labute approximate surface area is 109 Å². The summed E-state index contributed by atoms with van der Waals surface area (Å²) < 4.78 is 0. The first-order chi connectivity index (χ1) is 8.70. The molecular weight excluding hydrogens is 224 g/mol. The van der Waals surface area contributed by atoms with E-state index in [1.165, 1.54) is 5.56 Å². The molecule has 0 radical (unpaired) electrons. The molecule has 18 heavy (non-hydrogen) atoms. The van der Waals surface area contributed by atoms with E-state index in [4.69, 9.17) is 0 Å². The maximum atomic E-state index is 12.1. The minimum atomic E-state index is -0.143. The molecule has 1 aliphatic rings. The van der Waals surface area contributed by atoms with Crippen molar-refractivity contribution in [1.82, 2.24) is 4.90 Å². The van der Waals surface area contributed by atoms with Crippen LogP contribution in [0.2, 0.25) is 0 Å². The van der Waals surface area contributed by atoms with E-state index in [0.29, 0.717) is 0 Å². The molecule has 1 fully saturated rings. The average Bonchev–Trinajstić information content (AvgIpc) is 2.92. The van der Waals surface area contributed by atoms with Crippen LogP contribution in [0.25, 0.3) is 0 Å². The third-order valence-corrected chi connectivity index (χ3v) is 3.53. The highest BCUT2D eigenvalue weighted by Crippen LogP contribution is 2.14. The fourth-order valence-electron chi connectivity index (χ4n) is 2.36. The van der Waals surface area contributed by atoms with Crippen LogP contribution in [0.1, 0.15) is 32.3 Å². The molecule has 2 rings (SSSR count). The first-order valence-electron chi connectivity index (χ1n) is 6.85. The summed E-state index contributed by atoms with van der Waals surface area (Å²) in [7, 11) is 0. The van der Waals surface area contributed by atoms with Gasteiger partial charge in [0.1, 0.15) is 6.04 Å². The number of benzene rings is 1. The molecule has 0 saturated carbocycles. The molecule has 0 aromatic heterocycles. The van der Waals surface area contributed by atoms with Gasteiger partial charge in [-0.1, -0.05) is 19.1 Å². The first kappa shape index (κ1) is 12.9. The normalized spacial score (nSPS) is 16.7. The van der Waals surface area contributed by atoms with E-state index in [0.717, 1.165) is 38.0 Å². The minimum Gasteiger partial charge on any atom is -0.374 e. The monoisotopic (exact) mass is 246 g/mol. The summed E-state index contributed by atoms with van der Waals surface area (Å²) in [4.78, 5) is 14.1. The topological polar surface area (TPSA) is 32.3 Å². The molecule has 0 aliphatic carbocycles. The number of carbonyl (C=O) groups excluding carboxylic acids is 1. The van der Waals surface area contributed by atoms with Gasteiger partial charge in [-0.25, -0.2) is 0 Å². The maximum Gasteiger partial charge on any atom is 0.244 e. The summed E-state index contributed by atoms with van der Waals surface area (Å²) in [6.07, 6.45) is 3.33. The Morgan fingerprint density at radius 2 is 1.89 bits per heavy atom. The molecule has 1 atom stereocenters. The molecule has 1 aliphatic heterocycles. The number of hydrogen-bond acceptors (Lipinski definition) is 2. The van der Waals surface area contributed by atoms with Gasteiger partial charge in [0.15, 0.2) is 0 Å². The predicted molar refractivity (Wildman–Crippen MR) is 74.7 cm³/mol. The summed E-state index contributed by atoms with van der Waals surface area (Å²) in [6.45, 7) is 5.91. The van der Waals surface area contributed by atoms with E-state index in [2.05, 4.69) is 24.4 Å². The van der Waals surface area contributed by atoms with E-state index in [1.807, 2.05) is 24.0 Å². The zero-order valence-electron chi connectivity index (χ0n) is 11.3. The predicted octanol–water partition coefficient (Wildman–Crippen LogP) is 2.67. The SMILES string of the molecule is CCc1ccc(NC(C)C(=O)N2CCCC2)cc1. The average molecular weight is 246 g/mol. The van der Waals surface area contributed by atoms with Crippen LogP contribution in [0.5, 0.6) is 0 Å². The first-order valence-corrected chi connectivity index (χ1v) is 6.85. The highest BCUT2D eigenvalue weighted by molar-refractivity contribution is 5.84. The highest BCUT2D eigenvalue weighted by atomic mass is 16.2. The minimum absolute atomic E-state index is 0.143. The lowest BCUT2D eigenvalue weighted by Crippen LogP contribution is -2.39. The summed E-state index contributed by atoms with van der Waals surface area (Å²) in [5.41, 5.74) is 2.34. The second kappa shape index (κ2) is 5.89. The van der Waals surface area contributed by atoms with Gasteiger partial charge in [-0.05, 0) is 43.9 Å². The smallest absolute Gasteiger partial charge is 0.244 e. The van der Waals surface area contributed by atoms with Gasteiger partial charge in [-0.3, -0.25) is 4.79 Å². The third-order valence-electron chi connectivity index (χ3n) is 3.53. The Balaban J connectivity index is 1.92. The highest BCUT2D eigenvalue weighted by Gasteiger charge is 2.22. The van der Waals surface area contributed by atoms with Crippen LogP contribution in [0.4, 0.5) is 5.69 Å². The van der Waals surface area contributed by atoms with Gasteiger partial charge in [0, 0.05) is 18.8 Å². The zero-order valence-corrected chi connectivity index (χ0v) is 11.3. The van der Waals surface area contributed by atoms with Gasteiger partial charge in [0.2, 0.25) is 5.91 Å². The lowest BCUT2D eigenvalue weighted by molar-refractivity contribution is -0.130. The Morgan fingerprint density at radius 3 is 2.44 bits per heavy atom. The number of nitrogens with one attached hydrogen (secondary N) is 1. The van der Waals surface area contributed by atoms with E-state index in [1.54, 1.807) is 0 Å². The summed E-state index contributed by atoms with van der Waals surface area (Å²) in [5, 5.41) is 3.28. The van der Waals surface area contributed by atoms with Gasteiger partial charge in [0.25, 0.3) is 0 Å². The van der Waals surface area contributed by atoms with Gasteiger partial charge >= 0.3 is 0 Å². The van der Waals surface area contributed by atoms with Gasteiger partial charge < -0.3 is 10.2 Å². The number of nitrogens with zero attached hydrogens (tertiary/aromatic N) is 1. The van der Waals surface area contributed by atoms with E-state index < -0.39 is 0 Å². The second-order valence-electron chi connectivity index (χ2n) is 4.95. The Bertz CT molecular complexity index is 393. The number of hydrogen-bond donors (Lipinski definition) is 1. The van der Waals surface area contributed by atoms with Crippen molar-refractivity contribution in [3.8, 4) is 0 Å². The number of rotatable bonds is 4. The molecule has 1 heterocycles. The zero-order chi connectivity index (χ0) is 13.0. The van der Waals surface area contributed by atoms with Crippen LogP contribution >= 0.6 is 0 Å². The molecule has 98 valence electrons. The molecule has 3 nitrogen and oxygen atoms in total. The molecule has 1 aromatic carbocycles. The number of likely N-dealkylation sites (tertiary alicyclic amines) is 1. The molecule has 0 bridgehead atoms.